The molecule has 1 aromatic carbocycles. The minimum Gasteiger partial charge on any atom is -0.495 e. The summed E-state index contributed by atoms with van der Waals surface area (Å²) in [5, 5.41) is 4.53. The van der Waals surface area contributed by atoms with E-state index in [2.05, 4.69) is 5.32 Å². The van der Waals surface area contributed by atoms with Gasteiger partial charge in [-0.2, -0.15) is 0 Å². The third-order valence-electron chi connectivity index (χ3n) is 3.52. The second-order valence-electron chi connectivity index (χ2n) is 4.72. The first-order valence-electron chi connectivity index (χ1n) is 6.47. The molecule has 0 aliphatic carbocycles. The van der Waals surface area contributed by atoms with Crippen molar-refractivity contribution in [2.75, 3.05) is 20.8 Å². The average Bonchev–Trinajstić information content (AvgIpc) is 2.91. The van der Waals surface area contributed by atoms with Crippen molar-refractivity contribution in [2.45, 2.75) is 31.4 Å². The van der Waals surface area contributed by atoms with Crippen molar-refractivity contribution in [2.24, 2.45) is 0 Å². The molecule has 2 unspecified atom stereocenters. The van der Waals surface area contributed by atoms with Crippen LogP contribution in [0.15, 0.2) is 12.1 Å². The molecule has 2 rings (SSSR count). The summed E-state index contributed by atoms with van der Waals surface area (Å²) in [5.74, 6) is 0.599. The van der Waals surface area contributed by atoms with E-state index in [-0.39, 0.29) is 6.04 Å². The van der Waals surface area contributed by atoms with Crippen LogP contribution < -0.4 is 10.1 Å². The molecule has 0 aromatic heterocycles. The van der Waals surface area contributed by atoms with E-state index >= 15 is 0 Å². The molecule has 0 saturated carbocycles. The van der Waals surface area contributed by atoms with E-state index in [9.17, 15) is 0 Å². The molecule has 1 fully saturated rings. The fourth-order valence-corrected chi connectivity index (χ4v) is 3.00. The van der Waals surface area contributed by atoms with Crippen LogP contribution in [0.25, 0.3) is 0 Å². The first kappa shape index (κ1) is 14.9. The zero-order valence-electron chi connectivity index (χ0n) is 11.2. The summed E-state index contributed by atoms with van der Waals surface area (Å²) in [6, 6.07) is 3.77. The van der Waals surface area contributed by atoms with Gasteiger partial charge in [0.15, 0.2) is 0 Å². The van der Waals surface area contributed by atoms with Crippen LogP contribution in [0, 0.1) is 0 Å². The maximum absolute atomic E-state index is 6.32. The molecule has 1 heterocycles. The molecule has 0 bridgehead atoms. The van der Waals surface area contributed by atoms with Crippen molar-refractivity contribution in [1.29, 1.82) is 0 Å². The van der Waals surface area contributed by atoms with Crippen LogP contribution in [0.5, 0.6) is 5.75 Å². The van der Waals surface area contributed by atoms with Crippen LogP contribution in [0.2, 0.25) is 10.0 Å². The standard InChI is InChI=1S/C14H19Cl2NO2/c1-17-13(6-9-4-3-5-19-9)10-7-12(16)14(18-2)8-11(10)15/h7-9,13,17H,3-6H2,1-2H3. The van der Waals surface area contributed by atoms with Gasteiger partial charge >= 0.3 is 0 Å². The largest absolute Gasteiger partial charge is 0.495 e. The lowest BCUT2D eigenvalue weighted by atomic mass is 9.99. The summed E-state index contributed by atoms with van der Waals surface area (Å²) >= 11 is 12.5. The lowest BCUT2D eigenvalue weighted by Crippen LogP contribution is -2.22. The predicted octanol–water partition coefficient (Wildman–Crippen LogP) is 3.83. The topological polar surface area (TPSA) is 30.5 Å². The lowest BCUT2D eigenvalue weighted by molar-refractivity contribution is 0.0954. The van der Waals surface area contributed by atoms with Crippen molar-refractivity contribution in [3.63, 3.8) is 0 Å². The highest BCUT2D eigenvalue weighted by Crippen LogP contribution is 2.36. The van der Waals surface area contributed by atoms with Crippen LogP contribution >= 0.6 is 23.2 Å². The van der Waals surface area contributed by atoms with E-state index < -0.39 is 0 Å². The van der Waals surface area contributed by atoms with Gasteiger partial charge in [-0.3, -0.25) is 0 Å². The van der Waals surface area contributed by atoms with Crippen molar-refractivity contribution in [3.05, 3.63) is 27.7 Å². The minimum absolute atomic E-state index is 0.138. The Kier molecular flexibility index (Phi) is 5.34. The van der Waals surface area contributed by atoms with Crippen molar-refractivity contribution >= 4 is 23.2 Å². The second-order valence-corrected chi connectivity index (χ2v) is 5.53. The molecule has 0 radical (unpaired) electrons. The monoisotopic (exact) mass is 303 g/mol. The van der Waals surface area contributed by atoms with E-state index in [4.69, 9.17) is 32.7 Å². The number of nitrogens with one attached hydrogen (secondary N) is 1. The number of hydrogen-bond donors (Lipinski definition) is 1. The van der Waals surface area contributed by atoms with Crippen molar-refractivity contribution in [3.8, 4) is 5.75 Å². The maximum atomic E-state index is 6.32. The van der Waals surface area contributed by atoms with Crippen LogP contribution in [0.1, 0.15) is 30.9 Å². The average molecular weight is 304 g/mol. The zero-order chi connectivity index (χ0) is 13.8. The Morgan fingerprint density at radius 2 is 2.21 bits per heavy atom. The van der Waals surface area contributed by atoms with Gasteiger partial charge in [0.2, 0.25) is 0 Å². The van der Waals surface area contributed by atoms with Gasteiger partial charge in [0.25, 0.3) is 0 Å². The molecule has 0 amide bonds. The number of rotatable bonds is 5. The van der Waals surface area contributed by atoms with Gasteiger partial charge in [-0.25, -0.2) is 0 Å². The third-order valence-corrected chi connectivity index (χ3v) is 4.14. The summed E-state index contributed by atoms with van der Waals surface area (Å²) < 4.78 is 10.8. The smallest absolute Gasteiger partial charge is 0.138 e. The van der Waals surface area contributed by atoms with E-state index in [1.165, 1.54) is 0 Å². The second kappa shape index (κ2) is 6.80. The molecule has 106 valence electrons. The molecule has 2 atom stereocenters. The highest BCUT2D eigenvalue weighted by molar-refractivity contribution is 6.34. The van der Waals surface area contributed by atoms with Crippen LogP contribution in [-0.2, 0) is 4.74 Å². The molecular weight excluding hydrogens is 285 g/mol. The molecule has 1 aliphatic rings. The van der Waals surface area contributed by atoms with E-state index in [1.54, 1.807) is 13.2 Å². The summed E-state index contributed by atoms with van der Waals surface area (Å²) in [6.45, 7) is 0.859. The van der Waals surface area contributed by atoms with Gasteiger partial charge in [0, 0.05) is 23.7 Å². The molecule has 1 saturated heterocycles. The van der Waals surface area contributed by atoms with Crippen LogP contribution in [0.4, 0.5) is 0 Å². The van der Waals surface area contributed by atoms with Gasteiger partial charge in [-0.15, -0.1) is 0 Å². The molecular formula is C14H19Cl2NO2. The van der Waals surface area contributed by atoms with E-state index in [0.29, 0.717) is 21.9 Å². The summed E-state index contributed by atoms with van der Waals surface area (Å²) in [4.78, 5) is 0. The Morgan fingerprint density at radius 3 is 2.79 bits per heavy atom. The SMILES string of the molecule is CNC(CC1CCCO1)c1cc(Cl)c(OC)cc1Cl. The van der Waals surface area contributed by atoms with Gasteiger partial charge in [0.1, 0.15) is 5.75 Å². The fraction of sp³-hybridized carbons (Fsp3) is 0.571. The Hall–Kier alpha value is -0.480. The molecule has 19 heavy (non-hydrogen) atoms. The fourth-order valence-electron chi connectivity index (χ4n) is 2.46. The van der Waals surface area contributed by atoms with Crippen molar-refractivity contribution < 1.29 is 9.47 Å². The third kappa shape index (κ3) is 3.54. The highest BCUT2D eigenvalue weighted by Gasteiger charge is 2.23. The van der Waals surface area contributed by atoms with Crippen LogP contribution in [-0.4, -0.2) is 26.9 Å². The maximum Gasteiger partial charge on any atom is 0.138 e. The molecule has 1 aromatic rings. The zero-order valence-corrected chi connectivity index (χ0v) is 12.7. The number of halogens is 2. The van der Waals surface area contributed by atoms with Crippen LogP contribution in [0.3, 0.4) is 0 Å². The first-order chi connectivity index (χ1) is 9.15. The summed E-state index contributed by atoms with van der Waals surface area (Å²) in [6.07, 6.45) is 3.45. The number of methoxy groups -OCH3 is 1. The molecule has 5 heteroatoms. The van der Waals surface area contributed by atoms with E-state index in [1.807, 2.05) is 13.1 Å². The van der Waals surface area contributed by atoms with Gasteiger partial charge in [-0.1, -0.05) is 23.2 Å². The van der Waals surface area contributed by atoms with Gasteiger partial charge in [-0.05, 0) is 37.9 Å². The number of benzene rings is 1. The molecule has 3 nitrogen and oxygen atoms in total. The highest BCUT2D eigenvalue weighted by atomic mass is 35.5. The number of ether oxygens (including phenoxy) is 2. The summed E-state index contributed by atoms with van der Waals surface area (Å²) in [5.41, 5.74) is 0.991. The summed E-state index contributed by atoms with van der Waals surface area (Å²) in [7, 11) is 3.51. The Morgan fingerprint density at radius 1 is 1.42 bits per heavy atom. The predicted molar refractivity (Wildman–Crippen MR) is 78.4 cm³/mol. The normalized spacial score (nSPS) is 20.5. The van der Waals surface area contributed by atoms with Gasteiger partial charge < -0.3 is 14.8 Å². The number of hydrogen-bond acceptors (Lipinski definition) is 3. The Labute approximate surface area is 124 Å². The molecule has 1 N–H and O–H groups in total. The lowest BCUT2D eigenvalue weighted by Gasteiger charge is -2.22. The molecule has 0 spiro atoms. The molecule has 1 aliphatic heterocycles. The Bertz CT molecular complexity index is 434. The van der Waals surface area contributed by atoms with Crippen molar-refractivity contribution in [1.82, 2.24) is 5.32 Å². The Balaban J connectivity index is 2.19. The van der Waals surface area contributed by atoms with E-state index in [0.717, 1.165) is 31.4 Å². The quantitative estimate of drug-likeness (QED) is 0.896. The minimum atomic E-state index is 0.138. The van der Waals surface area contributed by atoms with Gasteiger partial charge in [0.05, 0.1) is 18.2 Å². The first-order valence-corrected chi connectivity index (χ1v) is 7.23.